The lowest BCUT2D eigenvalue weighted by atomic mass is 10.1. The second-order valence-corrected chi connectivity index (χ2v) is 4.58. The highest BCUT2D eigenvalue weighted by atomic mass is 32.1. The van der Waals surface area contributed by atoms with E-state index in [4.69, 9.17) is 12.2 Å². The largest absolute Gasteiger partial charge is 0.337 e. The van der Waals surface area contributed by atoms with E-state index in [9.17, 15) is 4.39 Å². The molecule has 0 amide bonds. The third-order valence-electron chi connectivity index (χ3n) is 3.11. The summed E-state index contributed by atoms with van der Waals surface area (Å²) in [6.45, 7) is 1.93. The number of benzene rings is 1. The molecule has 0 spiro atoms. The van der Waals surface area contributed by atoms with Crippen LogP contribution >= 0.6 is 12.2 Å². The first-order chi connectivity index (χ1) is 8.52. The molecule has 0 aliphatic rings. The van der Waals surface area contributed by atoms with Gasteiger partial charge >= 0.3 is 0 Å². The van der Waals surface area contributed by atoms with E-state index in [0.717, 1.165) is 0 Å². The van der Waals surface area contributed by atoms with Crippen LogP contribution < -0.4 is 4.90 Å². The molecule has 1 atom stereocenters. The van der Waals surface area contributed by atoms with Crippen LogP contribution in [-0.2, 0) is 7.05 Å². The Hall–Kier alpha value is -1.69. The molecule has 1 heterocycles. The molecule has 2 rings (SSSR count). The van der Waals surface area contributed by atoms with Crippen molar-refractivity contribution >= 4 is 18.2 Å². The number of hydrogen-bond acceptors (Lipinski definition) is 3. The highest BCUT2D eigenvalue weighted by molar-refractivity contribution is 7.71. The molecule has 96 valence electrons. The van der Waals surface area contributed by atoms with Crippen molar-refractivity contribution in [3.63, 3.8) is 0 Å². The van der Waals surface area contributed by atoms with Crippen molar-refractivity contribution in [2.24, 2.45) is 7.05 Å². The summed E-state index contributed by atoms with van der Waals surface area (Å²) in [7, 11) is 3.69. The number of nitrogens with zero attached hydrogens (tertiary/aromatic N) is 3. The van der Waals surface area contributed by atoms with E-state index in [0.29, 0.717) is 16.3 Å². The summed E-state index contributed by atoms with van der Waals surface area (Å²) in [5.41, 5.74) is 0.633. The van der Waals surface area contributed by atoms with Crippen molar-refractivity contribution in [3.8, 4) is 0 Å². The summed E-state index contributed by atoms with van der Waals surface area (Å²) < 4.78 is 16.0. The fourth-order valence-corrected chi connectivity index (χ4v) is 1.98. The molecule has 1 unspecified atom stereocenters. The SMILES string of the molecule is CC(c1ccccc1F)N(C)c1n[nH]c(=S)n1C. The Morgan fingerprint density at radius 3 is 2.67 bits per heavy atom. The van der Waals surface area contributed by atoms with Gasteiger partial charge in [0.15, 0.2) is 4.77 Å². The van der Waals surface area contributed by atoms with Crippen LogP contribution in [0.25, 0.3) is 0 Å². The minimum atomic E-state index is -0.214. The summed E-state index contributed by atoms with van der Waals surface area (Å²) in [5, 5.41) is 6.86. The van der Waals surface area contributed by atoms with Gasteiger partial charge in [-0.1, -0.05) is 18.2 Å². The number of halogens is 1. The number of H-pyrrole nitrogens is 1. The summed E-state index contributed by atoms with van der Waals surface area (Å²) in [5.74, 6) is 0.462. The lowest BCUT2D eigenvalue weighted by Gasteiger charge is -2.25. The molecule has 0 saturated carbocycles. The van der Waals surface area contributed by atoms with Crippen molar-refractivity contribution in [3.05, 3.63) is 40.4 Å². The summed E-state index contributed by atoms with van der Waals surface area (Å²) in [6.07, 6.45) is 0. The van der Waals surface area contributed by atoms with E-state index in [1.54, 1.807) is 16.7 Å². The number of nitrogens with one attached hydrogen (secondary N) is 1. The van der Waals surface area contributed by atoms with Crippen molar-refractivity contribution < 1.29 is 4.39 Å². The average Bonchev–Trinajstić information content (AvgIpc) is 2.69. The van der Waals surface area contributed by atoms with Gasteiger partial charge < -0.3 is 4.90 Å². The van der Waals surface area contributed by atoms with Crippen LogP contribution in [0.3, 0.4) is 0 Å². The molecule has 0 saturated heterocycles. The van der Waals surface area contributed by atoms with Crippen LogP contribution in [0.2, 0.25) is 0 Å². The van der Waals surface area contributed by atoms with Gasteiger partial charge in [-0.05, 0) is 25.2 Å². The van der Waals surface area contributed by atoms with Gasteiger partial charge in [0.05, 0.1) is 6.04 Å². The molecule has 1 N–H and O–H groups in total. The maximum absolute atomic E-state index is 13.7. The Morgan fingerprint density at radius 2 is 2.11 bits per heavy atom. The van der Waals surface area contributed by atoms with Crippen LogP contribution in [0.15, 0.2) is 24.3 Å². The first-order valence-electron chi connectivity index (χ1n) is 5.61. The van der Waals surface area contributed by atoms with Gasteiger partial charge in [0.2, 0.25) is 5.95 Å². The van der Waals surface area contributed by atoms with Crippen LogP contribution in [-0.4, -0.2) is 21.8 Å². The maximum Gasteiger partial charge on any atom is 0.225 e. The highest BCUT2D eigenvalue weighted by Gasteiger charge is 2.19. The molecule has 6 heteroatoms. The second kappa shape index (κ2) is 4.89. The predicted molar refractivity (Wildman–Crippen MR) is 71.6 cm³/mol. The Bertz CT molecular complexity index is 604. The molecular weight excluding hydrogens is 251 g/mol. The third-order valence-corrected chi connectivity index (χ3v) is 3.47. The van der Waals surface area contributed by atoms with E-state index < -0.39 is 0 Å². The minimum absolute atomic E-state index is 0.130. The van der Waals surface area contributed by atoms with Crippen LogP contribution in [0.1, 0.15) is 18.5 Å². The van der Waals surface area contributed by atoms with E-state index in [2.05, 4.69) is 10.2 Å². The zero-order valence-electron chi connectivity index (χ0n) is 10.5. The van der Waals surface area contributed by atoms with Gasteiger partial charge in [-0.2, -0.15) is 0 Å². The van der Waals surface area contributed by atoms with E-state index in [1.807, 2.05) is 32.0 Å². The van der Waals surface area contributed by atoms with Gasteiger partial charge in [-0.15, -0.1) is 5.10 Å². The molecule has 4 nitrogen and oxygen atoms in total. The van der Waals surface area contributed by atoms with Crippen LogP contribution in [0.4, 0.5) is 10.3 Å². The van der Waals surface area contributed by atoms with Gasteiger partial charge in [-0.3, -0.25) is 4.57 Å². The standard InChI is InChI=1S/C12H15FN4S/c1-8(9-6-4-5-7-10(9)13)16(2)11-14-15-12(18)17(11)3/h4-8H,1-3H3,(H,15,18). The number of aromatic amines is 1. The number of rotatable bonds is 3. The summed E-state index contributed by atoms with van der Waals surface area (Å²) in [6, 6.07) is 6.61. The fourth-order valence-electron chi connectivity index (χ4n) is 1.85. The highest BCUT2D eigenvalue weighted by Crippen LogP contribution is 2.25. The van der Waals surface area contributed by atoms with Gasteiger partial charge in [0, 0.05) is 19.7 Å². The molecule has 1 aromatic heterocycles. The van der Waals surface area contributed by atoms with Crippen molar-refractivity contribution in [1.29, 1.82) is 0 Å². The molecule has 2 aromatic rings. The van der Waals surface area contributed by atoms with Crippen LogP contribution in [0, 0.1) is 10.6 Å². The second-order valence-electron chi connectivity index (χ2n) is 4.20. The number of hydrogen-bond donors (Lipinski definition) is 1. The molecule has 0 radical (unpaired) electrons. The zero-order valence-corrected chi connectivity index (χ0v) is 11.3. The topological polar surface area (TPSA) is 36.9 Å². The monoisotopic (exact) mass is 266 g/mol. The molecule has 0 aliphatic heterocycles. The number of aromatic nitrogens is 3. The normalized spacial score (nSPS) is 12.4. The third kappa shape index (κ3) is 2.15. The Labute approximate surface area is 110 Å². The lowest BCUT2D eigenvalue weighted by Crippen LogP contribution is -2.25. The van der Waals surface area contributed by atoms with Crippen molar-refractivity contribution in [1.82, 2.24) is 14.8 Å². The molecular formula is C12H15FN4S. The zero-order chi connectivity index (χ0) is 13.3. The smallest absolute Gasteiger partial charge is 0.225 e. The summed E-state index contributed by atoms with van der Waals surface area (Å²) in [4.78, 5) is 1.88. The van der Waals surface area contributed by atoms with Crippen molar-refractivity contribution in [2.75, 3.05) is 11.9 Å². The predicted octanol–water partition coefficient (Wildman–Crippen LogP) is 2.81. The van der Waals surface area contributed by atoms with Gasteiger partial charge in [0.25, 0.3) is 0 Å². The molecule has 0 fully saturated rings. The lowest BCUT2D eigenvalue weighted by molar-refractivity contribution is 0.580. The number of anilines is 1. The van der Waals surface area contributed by atoms with Gasteiger partial charge in [0.1, 0.15) is 5.82 Å². The molecule has 0 aliphatic carbocycles. The van der Waals surface area contributed by atoms with E-state index >= 15 is 0 Å². The molecule has 18 heavy (non-hydrogen) atoms. The van der Waals surface area contributed by atoms with Crippen LogP contribution in [0.5, 0.6) is 0 Å². The Balaban J connectivity index is 2.35. The molecule has 1 aromatic carbocycles. The van der Waals surface area contributed by atoms with Crippen molar-refractivity contribution in [2.45, 2.75) is 13.0 Å². The first-order valence-corrected chi connectivity index (χ1v) is 6.02. The summed E-state index contributed by atoms with van der Waals surface area (Å²) >= 11 is 5.07. The Morgan fingerprint density at radius 1 is 1.44 bits per heavy atom. The van der Waals surface area contributed by atoms with E-state index in [-0.39, 0.29) is 11.9 Å². The van der Waals surface area contributed by atoms with E-state index in [1.165, 1.54) is 6.07 Å². The quantitative estimate of drug-likeness (QED) is 0.868. The molecule has 0 bridgehead atoms. The average molecular weight is 266 g/mol. The fraction of sp³-hybridized carbons (Fsp3) is 0.333. The first kappa shape index (κ1) is 12.8. The Kier molecular flexibility index (Phi) is 3.47. The maximum atomic E-state index is 13.7. The minimum Gasteiger partial charge on any atom is -0.337 e. The van der Waals surface area contributed by atoms with Gasteiger partial charge in [-0.25, -0.2) is 9.49 Å².